The van der Waals surface area contributed by atoms with Gasteiger partial charge in [0.1, 0.15) is 0 Å². The fourth-order valence-electron chi connectivity index (χ4n) is 1.99. The second-order valence-corrected chi connectivity index (χ2v) is 5.00. The van der Waals surface area contributed by atoms with Gasteiger partial charge in [0.2, 0.25) is 5.95 Å². The number of aromatic amines is 1. The normalized spacial score (nSPS) is 11.8. The molecule has 0 bridgehead atoms. The minimum absolute atomic E-state index is 0.173. The number of anilines is 1. The summed E-state index contributed by atoms with van der Waals surface area (Å²) in [5.74, 6) is 0.361. The van der Waals surface area contributed by atoms with Crippen molar-refractivity contribution in [3.05, 3.63) is 63.6 Å². The number of rotatable bonds is 6. The van der Waals surface area contributed by atoms with Crippen molar-refractivity contribution in [2.45, 2.75) is 26.7 Å². The second kappa shape index (κ2) is 7.93. The molecule has 0 aliphatic carbocycles. The van der Waals surface area contributed by atoms with Crippen LogP contribution < -0.4 is 11.0 Å². The number of allylic oxidation sites excluding steroid dienone is 1. The summed E-state index contributed by atoms with van der Waals surface area (Å²) in [7, 11) is 0. The zero-order valence-corrected chi connectivity index (χ0v) is 12.8. The zero-order valence-electron chi connectivity index (χ0n) is 12.8. The molecule has 1 aromatic carbocycles. The van der Waals surface area contributed by atoms with Crippen LogP contribution in [0.5, 0.6) is 0 Å². The first-order chi connectivity index (χ1) is 10.7. The Bertz CT molecular complexity index is 717. The number of hydrazone groups is 1. The molecule has 1 heterocycles. The van der Waals surface area contributed by atoms with Crippen LogP contribution in [0, 0.1) is 0 Å². The molecule has 2 rings (SSSR count). The summed E-state index contributed by atoms with van der Waals surface area (Å²) >= 11 is 0. The lowest BCUT2D eigenvalue weighted by atomic mass is 10.1. The predicted octanol–water partition coefficient (Wildman–Crippen LogP) is 3.22. The van der Waals surface area contributed by atoms with Gasteiger partial charge in [-0.25, -0.2) is 10.4 Å². The minimum atomic E-state index is -0.173. The number of hydrogen-bond donors (Lipinski definition) is 2. The van der Waals surface area contributed by atoms with E-state index in [4.69, 9.17) is 0 Å². The topological polar surface area (TPSA) is 70.1 Å². The lowest BCUT2D eigenvalue weighted by molar-refractivity contribution is 0.867. The Balaban J connectivity index is 2.03. The van der Waals surface area contributed by atoms with Crippen LogP contribution in [-0.4, -0.2) is 16.2 Å². The number of benzene rings is 1. The molecule has 5 heteroatoms. The summed E-state index contributed by atoms with van der Waals surface area (Å²) in [6, 6.07) is 11.5. The van der Waals surface area contributed by atoms with Crippen molar-refractivity contribution in [1.82, 2.24) is 9.97 Å². The summed E-state index contributed by atoms with van der Waals surface area (Å²) in [6.07, 6.45) is 5.43. The molecule has 0 amide bonds. The van der Waals surface area contributed by atoms with Gasteiger partial charge in [-0.2, -0.15) is 5.10 Å². The van der Waals surface area contributed by atoms with E-state index < -0.39 is 0 Å². The molecule has 114 valence electrons. The van der Waals surface area contributed by atoms with Gasteiger partial charge in [-0.15, -0.1) is 0 Å². The second-order valence-electron chi connectivity index (χ2n) is 5.00. The third-order valence-electron chi connectivity index (χ3n) is 2.93. The van der Waals surface area contributed by atoms with Crippen molar-refractivity contribution < 1.29 is 0 Å². The van der Waals surface area contributed by atoms with Crippen molar-refractivity contribution in [3.8, 4) is 0 Å². The third kappa shape index (κ3) is 5.01. The molecule has 0 aliphatic rings. The molecule has 22 heavy (non-hydrogen) atoms. The van der Waals surface area contributed by atoms with E-state index >= 15 is 0 Å². The Morgan fingerprint density at radius 2 is 2.14 bits per heavy atom. The predicted molar refractivity (Wildman–Crippen MR) is 91.1 cm³/mol. The first kappa shape index (κ1) is 15.7. The first-order valence-corrected chi connectivity index (χ1v) is 7.30. The van der Waals surface area contributed by atoms with Gasteiger partial charge in [-0.05, 0) is 24.5 Å². The molecule has 0 aliphatic heterocycles. The molecular formula is C17H20N4O. The fraction of sp³-hybridized carbons (Fsp3) is 0.235. The monoisotopic (exact) mass is 296 g/mol. The van der Waals surface area contributed by atoms with Crippen LogP contribution in [0.15, 0.2) is 51.9 Å². The summed E-state index contributed by atoms with van der Waals surface area (Å²) < 4.78 is 0. The van der Waals surface area contributed by atoms with Gasteiger partial charge in [0.25, 0.3) is 5.56 Å². The molecule has 0 fully saturated rings. The lowest BCUT2D eigenvalue weighted by Gasteiger charge is -2.02. The number of nitrogens with one attached hydrogen (secondary N) is 2. The average Bonchev–Trinajstić information content (AvgIpc) is 2.48. The van der Waals surface area contributed by atoms with E-state index in [1.165, 1.54) is 6.07 Å². The number of aryl methyl sites for hydroxylation is 1. The van der Waals surface area contributed by atoms with Crippen LogP contribution in [0.4, 0.5) is 5.95 Å². The van der Waals surface area contributed by atoms with E-state index in [0.29, 0.717) is 5.95 Å². The van der Waals surface area contributed by atoms with Crippen molar-refractivity contribution in [1.29, 1.82) is 0 Å². The summed E-state index contributed by atoms with van der Waals surface area (Å²) in [6.45, 7) is 4.01. The highest BCUT2D eigenvalue weighted by atomic mass is 16.1. The van der Waals surface area contributed by atoms with Crippen LogP contribution in [0.1, 0.15) is 31.5 Å². The van der Waals surface area contributed by atoms with Gasteiger partial charge in [-0.1, -0.05) is 49.8 Å². The van der Waals surface area contributed by atoms with Crippen molar-refractivity contribution in [2.75, 3.05) is 5.43 Å². The molecule has 0 unspecified atom stereocenters. The Kier molecular flexibility index (Phi) is 5.65. The maximum absolute atomic E-state index is 11.5. The van der Waals surface area contributed by atoms with Crippen LogP contribution >= 0.6 is 0 Å². The quantitative estimate of drug-likeness (QED) is 0.635. The molecule has 0 spiro atoms. The number of hydrogen-bond acceptors (Lipinski definition) is 4. The van der Waals surface area contributed by atoms with Gasteiger partial charge < -0.3 is 0 Å². The summed E-state index contributed by atoms with van der Waals surface area (Å²) in [5, 5.41) is 4.10. The molecule has 0 atom stereocenters. The maximum atomic E-state index is 11.5. The molecule has 2 N–H and O–H groups in total. The first-order valence-electron chi connectivity index (χ1n) is 7.30. The van der Waals surface area contributed by atoms with Crippen LogP contribution in [0.2, 0.25) is 0 Å². The zero-order chi connectivity index (χ0) is 15.8. The Morgan fingerprint density at radius 3 is 2.86 bits per heavy atom. The fourth-order valence-corrected chi connectivity index (χ4v) is 1.99. The van der Waals surface area contributed by atoms with Crippen molar-refractivity contribution in [3.63, 3.8) is 0 Å². The Hall–Kier alpha value is -2.69. The highest BCUT2D eigenvalue weighted by molar-refractivity contribution is 5.85. The molecule has 2 aromatic rings. The minimum Gasteiger partial charge on any atom is -0.291 e. The number of aromatic nitrogens is 2. The number of nitrogens with zero attached hydrogens (tertiary/aromatic N) is 2. The average molecular weight is 296 g/mol. The van der Waals surface area contributed by atoms with Gasteiger partial charge in [-0.3, -0.25) is 9.78 Å². The number of H-pyrrole nitrogens is 1. The summed E-state index contributed by atoms with van der Waals surface area (Å²) in [4.78, 5) is 18.4. The summed E-state index contributed by atoms with van der Waals surface area (Å²) in [5.41, 5.74) is 5.46. The lowest BCUT2D eigenvalue weighted by Crippen LogP contribution is -2.11. The van der Waals surface area contributed by atoms with E-state index in [9.17, 15) is 4.79 Å². The molecule has 0 saturated heterocycles. The molecular weight excluding hydrogens is 276 g/mol. The smallest absolute Gasteiger partial charge is 0.252 e. The Labute approximate surface area is 129 Å². The van der Waals surface area contributed by atoms with Crippen LogP contribution in [0.3, 0.4) is 0 Å². The molecule has 0 saturated carbocycles. The SMILES string of the molecule is CCCc1cc(=O)[nH]c(N/N=C\C(C)=C/c2ccccc2)n1. The molecule has 0 radical (unpaired) electrons. The van der Waals surface area contributed by atoms with Crippen LogP contribution in [-0.2, 0) is 6.42 Å². The van der Waals surface area contributed by atoms with Crippen LogP contribution in [0.25, 0.3) is 6.08 Å². The Morgan fingerprint density at radius 1 is 1.36 bits per heavy atom. The van der Waals surface area contributed by atoms with E-state index in [2.05, 4.69) is 20.5 Å². The maximum Gasteiger partial charge on any atom is 0.252 e. The van der Waals surface area contributed by atoms with E-state index in [1.54, 1.807) is 6.21 Å². The largest absolute Gasteiger partial charge is 0.291 e. The highest BCUT2D eigenvalue weighted by Crippen LogP contribution is 2.05. The van der Waals surface area contributed by atoms with Crippen molar-refractivity contribution >= 4 is 18.2 Å². The third-order valence-corrected chi connectivity index (χ3v) is 2.93. The molecule has 5 nitrogen and oxygen atoms in total. The molecule has 1 aromatic heterocycles. The van der Waals surface area contributed by atoms with E-state index in [1.807, 2.05) is 50.3 Å². The van der Waals surface area contributed by atoms with Gasteiger partial charge in [0, 0.05) is 11.8 Å². The van der Waals surface area contributed by atoms with Gasteiger partial charge >= 0.3 is 0 Å². The van der Waals surface area contributed by atoms with Gasteiger partial charge in [0.15, 0.2) is 0 Å². The highest BCUT2D eigenvalue weighted by Gasteiger charge is 1.99. The van der Waals surface area contributed by atoms with E-state index in [0.717, 1.165) is 29.7 Å². The van der Waals surface area contributed by atoms with Gasteiger partial charge in [0.05, 0.1) is 6.21 Å². The van der Waals surface area contributed by atoms with E-state index in [-0.39, 0.29) is 5.56 Å². The standard InChI is InChI=1S/C17H20N4O/c1-3-7-15-11-16(22)20-17(19-15)21-18-12-13(2)10-14-8-5-4-6-9-14/h4-6,8-12H,3,7H2,1-2H3,(H2,19,20,21,22)/b13-10-,18-12-. The van der Waals surface area contributed by atoms with Crippen molar-refractivity contribution in [2.24, 2.45) is 5.10 Å².